The van der Waals surface area contributed by atoms with Crippen molar-refractivity contribution in [1.82, 2.24) is 15.0 Å². The molecule has 0 saturated heterocycles. The van der Waals surface area contributed by atoms with Crippen molar-refractivity contribution in [3.05, 3.63) is 152 Å². The van der Waals surface area contributed by atoms with E-state index in [1.807, 2.05) is 115 Å². The molecule has 0 saturated carbocycles. The highest BCUT2D eigenvalue weighted by Gasteiger charge is 2.23. The topological polar surface area (TPSA) is 48.4 Å². The highest BCUT2D eigenvalue weighted by molar-refractivity contribution is 5.77. The largest absolute Gasteiger partial charge is 0.313 e. The van der Waals surface area contributed by atoms with Crippen LogP contribution in [0.2, 0.25) is 0 Å². The molecule has 40 heavy (non-hydrogen) atoms. The summed E-state index contributed by atoms with van der Waals surface area (Å²) < 4.78 is 0. The first-order valence-corrected chi connectivity index (χ1v) is 13.1. The molecule has 0 radical (unpaired) electrons. The molecule has 0 spiro atoms. The van der Waals surface area contributed by atoms with E-state index in [4.69, 9.17) is 15.0 Å². The van der Waals surface area contributed by atoms with Crippen molar-refractivity contribution in [2.45, 2.75) is 0 Å². The van der Waals surface area contributed by atoms with Gasteiger partial charge in [0.15, 0.2) is 0 Å². The second-order valence-corrected chi connectivity index (χ2v) is 9.14. The Morgan fingerprint density at radius 2 is 0.575 bits per heavy atom. The maximum absolute atomic E-state index is 5.12. The first-order valence-electron chi connectivity index (χ1n) is 13.1. The Morgan fingerprint density at radius 3 is 0.875 bits per heavy atom. The summed E-state index contributed by atoms with van der Waals surface area (Å²) in [6, 6.07) is 50.7. The van der Waals surface area contributed by atoms with Gasteiger partial charge in [-0.05, 0) is 60.7 Å². The van der Waals surface area contributed by atoms with E-state index in [1.165, 1.54) is 0 Å². The van der Waals surface area contributed by atoms with E-state index in [0.29, 0.717) is 17.8 Å². The second kappa shape index (κ2) is 11.5. The Morgan fingerprint density at radius 1 is 0.325 bits per heavy atom. The Balaban J connectivity index is 1.60. The second-order valence-electron chi connectivity index (χ2n) is 9.14. The van der Waals surface area contributed by atoms with Crippen LogP contribution in [0.15, 0.2) is 152 Å². The monoisotopic (exact) mass is 520 g/mol. The van der Waals surface area contributed by atoms with Crippen LogP contribution in [-0.2, 0) is 0 Å². The maximum Gasteiger partial charge on any atom is 0.241 e. The lowest BCUT2D eigenvalue weighted by Crippen LogP contribution is -2.22. The third-order valence-electron chi connectivity index (χ3n) is 6.50. The molecule has 0 aliphatic rings. The van der Waals surface area contributed by atoms with Crippen LogP contribution in [0.5, 0.6) is 0 Å². The number of hydrogen-bond acceptors (Lipinski definition) is 6. The van der Waals surface area contributed by atoms with Gasteiger partial charge in [-0.1, -0.05) is 91.0 Å². The summed E-state index contributed by atoms with van der Waals surface area (Å²) in [6.07, 6.45) is 0. The van der Waals surface area contributed by atoms with Crippen molar-refractivity contribution in [3.8, 4) is 0 Å². The minimum atomic E-state index is 0.511. The van der Waals surface area contributed by atoms with Crippen LogP contribution in [0.4, 0.5) is 46.3 Å². The SMILES string of the molecule is CN(c1ccccc1)c1nc(N(c2ccccc2)c2ccccc2)nc(N(c2ccccc2)c2ccccc2)n1. The average Bonchev–Trinajstić information content (AvgIpc) is 3.03. The number of anilines is 8. The van der Waals surface area contributed by atoms with Crippen molar-refractivity contribution >= 4 is 46.3 Å². The predicted octanol–water partition coefficient (Wildman–Crippen LogP) is 8.58. The molecule has 6 heteroatoms. The molecule has 0 bridgehead atoms. The van der Waals surface area contributed by atoms with Crippen molar-refractivity contribution in [1.29, 1.82) is 0 Å². The number of aromatic nitrogens is 3. The first-order chi connectivity index (χ1) is 19.8. The summed E-state index contributed by atoms with van der Waals surface area (Å²) in [4.78, 5) is 21.3. The van der Waals surface area contributed by atoms with Crippen molar-refractivity contribution in [2.75, 3.05) is 21.7 Å². The van der Waals surface area contributed by atoms with Gasteiger partial charge < -0.3 is 4.90 Å². The predicted molar refractivity (Wildman–Crippen MR) is 164 cm³/mol. The summed E-state index contributed by atoms with van der Waals surface area (Å²) in [5.41, 5.74) is 4.77. The first kappa shape index (κ1) is 24.8. The number of hydrogen-bond donors (Lipinski definition) is 0. The molecule has 5 aromatic carbocycles. The summed E-state index contributed by atoms with van der Waals surface area (Å²) in [6.45, 7) is 0. The van der Waals surface area contributed by atoms with Gasteiger partial charge in [-0.2, -0.15) is 15.0 Å². The van der Waals surface area contributed by atoms with Gasteiger partial charge in [-0.25, -0.2) is 0 Å². The minimum Gasteiger partial charge on any atom is -0.313 e. The Labute approximate surface area is 234 Å². The summed E-state index contributed by atoms with van der Waals surface area (Å²) in [7, 11) is 1.98. The van der Waals surface area contributed by atoms with Crippen LogP contribution in [0.1, 0.15) is 0 Å². The van der Waals surface area contributed by atoms with E-state index in [2.05, 4.69) is 58.3 Å². The fourth-order valence-corrected chi connectivity index (χ4v) is 4.53. The third-order valence-corrected chi connectivity index (χ3v) is 6.50. The van der Waals surface area contributed by atoms with E-state index >= 15 is 0 Å². The fraction of sp³-hybridized carbons (Fsp3) is 0.0294. The van der Waals surface area contributed by atoms with E-state index < -0.39 is 0 Å². The molecule has 6 nitrogen and oxygen atoms in total. The lowest BCUT2D eigenvalue weighted by molar-refractivity contribution is 0.948. The number of rotatable bonds is 8. The van der Waals surface area contributed by atoms with E-state index in [0.717, 1.165) is 28.4 Å². The Hall–Kier alpha value is -5.49. The lowest BCUT2D eigenvalue weighted by Gasteiger charge is -2.28. The molecule has 0 aliphatic heterocycles. The lowest BCUT2D eigenvalue weighted by atomic mass is 10.2. The summed E-state index contributed by atoms with van der Waals surface area (Å²) >= 11 is 0. The zero-order chi connectivity index (χ0) is 27.1. The van der Waals surface area contributed by atoms with Gasteiger partial charge in [0, 0.05) is 35.5 Å². The molecule has 0 fully saturated rings. The van der Waals surface area contributed by atoms with Gasteiger partial charge in [0.1, 0.15) is 0 Å². The molecule has 194 valence electrons. The molecule has 0 amide bonds. The molecular formula is C34H28N6. The zero-order valence-electron chi connectivity index (χ0n) is 22.1. The normalized spacial score (nSPS) is 10.6. The highest BCUT2D eigenvalue weighted by Crippen LogP contribution is 2.37. The molecule has 0 unspecified atom stereocenters. The zero-order valence-corrected chi connectivity index (χ0v) is 22.1. The third kappa shape index (κ3) is 5.24. The molecule has 6 aromatic rings. The highest BCUT2D eigenvalue weighted by atomic mass is 15.4. The van der Waals surface area contributed by atoms with Gasteiger partial charge in [0.25, 0.3) is 0 Å². The summed E-state index contributed by atoms with van der Waals surface area (Å²) in [5.74, 6) is 1.55. The average molecular weight is 521 g/mol. The van der Waals surface area contributed by atoms with Crippen LogP contribution in [0.3, 0.4) is 0 Å². The molecule has 6 rings (SSSR count). The van der Waals surface area contributed by atoms with Crippen LogP contribution in [-0.4, -0.2) is 22.0 Å². The van der Waals surface area contributed by atoms with Crippen LogP contribution < -0.4 is 14.7 Å². The van der Waals surface area contributed by atoms with Crippen LogP contribution in [0, 0.1) is 0 Å². The molecule has 0 atom stereocenters. The smallest absolute Gasteiger partial charge is 0.241 e. The molecule has 0 N–H and O–H groups in total. The van der Waals surface area contributed by atoms with Gasteiger partial charge in [-0.15, -0.1) is 0 Å². The van der Waals surface area contributed by atoms with Gasteiger partial charge in [0.05, 0.1) is 0 Å². The molecular weight excluding hydrogens is 492 g/mol. The van der Waals surface area contributed by atoms with Crippen LogP contribution in [0.25, 0.3) is 0 Å². The van der Waals surface area contributed by atoms with E-state index in [1.54, 1.807) is 0 Å². The van der Waals surface area contributed by atoms with Crippen molar-refractivity contribution in [2.24, 2.45) is 0 Å². The van der Waals surface area contributed by atoms with E-state index in [9.17, 15) is 0 Å². The van der Waals surface area contributed by atoms with Crippen molar-refractivity contribution in [3.63, 3.8) is 0 Å². The Kier molecular flexibility index (Phi) is 7.13. The standard InChI is InChI=1S/C34H28N6/c1-38(27-17-7-2-8-18-27)32-35-33(39(28-19-9-3-10-20-28)29-21-11-4-12-22-29)37-34(36-32)40(30-23-13-5-14-24-30)31-25-15-6-16-26-31/h2-26H,1H3. The fourth-order valence-electron chi connectivity index (χ4n) is 4.53. The molecule has 1 aromatic heterocycles. The van der Waals surface area contributed by atoms with Gasteiger partial charge >= 0.3 is 0 Å². The van der Waals surface area contributed by atoms with Crippen LogP contribution >= 0.6 is 0 Å². The van der Waals surface area contributed by atoms with E-state index in [-0.39, 0.29) is 0 Å². The quantitative estimate of drug-likeness (QED) is 0.200. The number of nitrogens with zero attached hydrogens (tertiary/aromatic N) is 6. The van der Waals surface area contributed by atoms with Crippen molar-refractivity contribution < 1.29 is 0 Å². The molecule has 1 heterocycles. The number of para-hydroxylation sites is 5. The van der Waals surface area contributed by atoms with Gasteiger partial charge in [0.2, 0.25) is 17.8 Å². The number of benzene rings is 5. The minimum absolute atomic E-state index is 0.511. The summed E-state index contributed by atoms with van der Waals surface area (Å²) in [5, 5.41) is 0. The van der Waals surface area contributed by atoms with Gasteiger partial charge in [-0.3, -0.25) is 9.80 Å². The maximum atomic E-state index is 5.12. The Bertz CT molecular complexity index is 1470. The molecule has 0 aliphatic carbocycles.